The van der Waals surface area contributed by atoms with E-state index in [0.29, 0.717) is 40.1 Å². The van der Waals surface area contributed by atoms with Crippen LogP contribution in [-0.2, 0) is 6.42 Å². The molecular weight excluding hydrogens is 621 g/mol. The number of fused-ring (bicyclic) bond motifs is 1. The first-order valence-electron chi connectivity index (χ1n) is 16.3. The van der Waals surface area contributed by atoms with Crippen LogP contribution < -0.4 is 22.1 Å². The van der Waals surface area contributed by atoms with Gasteiger partial charge in [-0.05, 0) is 112 Å². The van der Waals surface area contributed by atoms with Crippen LogP contribution in [0.2, 0.25) is 5.02 Å². The lowest BCUT2D eigenvalue weighted by atomic mass is 9.92. The Bertz CT molecular complexity index is 1780. The van der Waals surface area contributed by atoms with Crippen LogP contribution in [0.3, 0.4) is 0 Å². The molecule has 0 radical (unpaired) electrons. The van der Waals surface area contributed by atoms with E-state index >= 15 is 4.39 Å². The number of aryl methyl sites for hydroxylation is 1. The number of aromatic nitrogens is 3. The molecule has 0 bridgehead atoms. The van der Waals surface area contributed by atoms with Gasteiger partial charge in [-0.3, -0.25) is 9.98 Å². The van der Waals surface area contributed by atoms with Crippen molar-refractivity contribution in [2.45, 2.75) is 87.7 Å². The van der Waals surface area contributed by atoms with Crippen molar-refractivity contribution in [1.82, 2.24) is 25.2 Å². The summed E-state index contributed by atoms with van der Waals surface area (Å²) in [5.74, 6) is 0.651. The van der Waals surface area contributed by atoms with Gasteiger partial charge in [0.1, 0.15) is 5.65 Å². The Morgan fingerprint density at radius 1 is 1.24 bits per heavy atom. The first kappa shape index (κ1) is 32.7. The van der Waals surface area contributed by atoms with Gasteiger partial charge in [0.05, 0.1) is 22.2 Å². The van der Waals surface area contributed by atoms with Crippen molar-refractivity contribution in [3.63, 3.8) is 0 Å². The molecule has 11 heteroatoms. The number of aromatic amines is 1. The van der Waals surface area contributed by atoms with E-state index in [1.165, 1.54) is 18.4 Å². The lowest BCUT2D eigenvalue weighted by Crippen LogP contribution is -2.39. The van der Waals surface area contributed by atoms with Crippen molar-refractivity contribution in [2.24, 2.45) is 11.7 Å². The summed E-state index contributed by atoms with van der Waals surface area (Å²) in [7, 11) is 0. The number of piperidine rings is 1. The monoisotopic (exact) mass is 663 g/mol. The van der Waals surface area contributed by atoms with Crippen molar-refractivity contribution in [3.8, 4) is 16.9 Å². The summed E-state index contributed by atoms with van der Waals surface area (Å²) in [5, 5.41) is 15.3. The Balaban J connectivity index is 1.22. The summed E-state index contributed by atoms with van der Waals surface area (Å²) in [6, 6.07) is 12.3. The zero-order valence-electron chi connectivity index (χ0n) is 26.5. The molecule has 2 aliphatic rings. The fraction of sp³-hybridized carbons (Fsp3) is 0.457. The minimum Gasteiger partial charge on any atom is -0.374 e. The third-order valence-corrected chi connectivity index (χ3v) is 10.4. The van der Waals surface area contributed by atoms with Crippen molar-refractivity contribution >= 4 is 40.2 Å². The van der Waals surface area contributed by atoms with E-state index in [4.69, 9.17) is 22.7 Å². The Morgan fingerprint density at radius 3 is 2.83 bits per heavy atom. The molecule has 46 heavy (non-hydrogen) atoms. The summed E-state index contributed by atoms with van der Waals surface area (Å²) in [6.07, 6.45) is 13.2. The second-order valence-electron chi connectivity index (χ2n) is 12.8. The van der Waals surface area contributed by atoms with E-state index in [1.807, 2.05) is 24.3 Å². The molecule has 1 aliphatic heterocycles. The molecule has 0 amide bonds. The number of amidine groups is 1. The SMILES string of the molecule is CSc1cc(-n2cc3cc(-c4cc(CCCC(N)C5CC5)cc(Cl)c4F)[nH]c3nc2=O)ccc1[C@@H]1CCC[C@@H](CCNC(C)=N)N1. The molecule has 4 aromatic rings. The highest BCUT2D eigenvalue weighted by atomic mass is 35.5. The summed E-state index contributed by atoms with van der Waals surface area (Å²) < 4.78 is 16.8. The summed E-state index contributed by atoms with van der Waals surface area (Å²) in [6.45, 7) is 2.55. The maximum Gasteiger partial charge on any atom is 0.354 e. The number of nitrogens with two attached hydrogens (primary N) is 1. The van der Waals surface area contributed by atoms with Crippen LogP contribution in [0.15, 0.2) is 52.3 Å². The van der Waals surface area contributed by atoms with Gasteiger partial charge in [0.15, 0.2) is 5.82 Å². The molecule has 1 aliphatic carbocycles. The Kier molecular flexibility index (Phi) is 10.2. The fourth-order valence-electron chi connectivity index (χ4n) is 6.68. The number of H-pyrrole nitrogens is 1. The number of hydrogen-bond acceptors (Lipinski definition) is 6. The molecule has 6 N–H and O–H groups in total. The molecule has 2 fully saturated rings. The lowest BCUT2D eigenvalue weighted by Gasteiger charge is -2.32. The molecule has 1 unspecified atom stereocenters. The lowest BCUT2D eigenvalue weighted by molar-refractivity contribution is 0.310. The third-order valence-electron chi connectivity index (χ3n) is 9.35. The van der Waals surface area contributed by atoms with Gasteiger partial charge in [-0.1, -0.05) is 24.1 Å². The highest BCUT2D eigenvalue weighted by Gasteiger charge is 2.28. The van der Waals surface area contributed by atoms with E-state index < -0.39 is 11.5 Å². The number of hydrogen-bond donors (Lipinski definition) is 5. The molecule has 1 saturated carbocycles. The van der Waals surface area contributed by atoms with Crippen molar-refractivity contribution in [2.75, 3.05) is 12.8 Å². The van der Waals surface area contributed by atoms with Crippen LogP contribution in [0.1, 0.15) is 75.5 Å². The van der Waals surface area contributed by atoms with Crippen molar-refractivity contribution in [3.05, 3.63) is 75.0 Å². The molecule has 3 heterocycles. The number of halogens is 2. The van der Waals surface area contributed by atoms with Crippen LogP contribution in [0, 0.1) is 17.1 Å². The number of benzene rings is 2. The van der Waals surface area contributed by atoms with Gasteiger partial charge in [0, 0.05) is 46.7 Å². The first-order chi connectivity index (χ1) is 22.2. The molecule has 2 aromatic carbocycles. The van der Waals surface area contributed by atoms with Crippen molar-refractivity contribution in [1.29, 1.82) is 5.41 Å². The standard InChI is InChI=1S/C35H43ClFN7OS/c1-20(38)40-14-13-24-6-4-8-30(41-24)26-12-11-25(18-32(26)46-2)44-19-23-17-31(42-34(23)43-35(44)45)27-15-21(16-28(36)33(27)37)5-3-7-29(39)22-9-10-22/h11-12,15-19,22,24,29-30,41H,3-10,13-14,39H2,1-2H3,(H2,38,40)(H,42,43,45)/t24-,29?,30-/m0/s1. The predicted octanol–water partition coefficient (Wildman–Crippen LogP) is 7.12. The molecule has 244 valence electrons. The molecule has 6 rings (SSSR count). The second-order valence-corrected chi connectivity index (χ2v) is 14.1. The van der Waals surface area contributed by atoms with E-state index in [1.54, 1.807) is 35.5 Å². The minimum atomic E-state index is -0.498. The fourth-order valence-corrected chi connectivity index (χ4v) is 7.60. The maximum absolute atomic E-state index is 15.3. The van der Waals surface area contributed by atoms with E-state index in [2.05, 4.69) is 32.9 Å². The number of nitrogens with zero attached hydrogens (tertiary/aromatic N) is 2. The van der Waals surface area contributed by atoms with Gasteiger partial charge in [0.2, 0.25) is 0 Å². The van der Waals surface area contributed by atoms with E-state index in [9.17, 15) is 4.79 Å². The zero-order chi connectivity index (χ0) is 32.4. The van der Waals surface area contributed by atoms with Gasteiger partial charge >= 0.3 is 5.69 Å². The smallest absolute Gasteiger partial charge is 0.354 e. The average molecular weight is 664 g/mol. The van der Waals surface area contributed by atoms with Crippen LogP contribution in [0.5, 0.6) is 0 Å². The second kappa shape index (κ2) is 14.3. The molecule has 3 atom stereocenters. The first-order valence-corrected chi connectivity index (χ1v) is 17.9. The maximum atomic E-state index is 15.3. The van der Waals surface area contributed by atoms with Gasteiger partial charge in [-0.15, -0.1) is 11.8 Å². The minimum absolute atomic E-state index is 0.0757. The summed E-state index contributed by atoms with van der Waals surface area (Å²) in [4.78, 5) is 21.8. The van der Waals surface area contributed by atoms with E-state index in [-0.39, 0.29) is 17.1 Å². The molecule has 2 aromatic heterocycles. The average Bonchev–Trinajstić information content (AvgIpc) is 3.82. The van der Waals surface area contributed by atoms with Crippen LogP contribution in [0.25, 0.3) is 28.0 Å². The van der Waals surface area contributed by atoms with Gasteiger partial charge in [0.25, 0.3) is 0 Å². The van der Waals surface area contributed by atoms with Gasteiger partial charge < -0.3 is 21.4 Å². The Hall–Kier alpha value is -3.18. The quantitative estimate of drug-likeness (QED) is 0.0625. The van der Waals surface area contributed by atoms with Crippen molar-refractivity contribution < 1.29 is 4.39 Å². The molecule has 0 spiro atoms. The van der Waals surface area contributed by atoms with Crippen LogP contribution in [0.4, 0.5) is 4.39 Å². The number of nitrogens with one attached hydrogen (secondary N) is 4. The van der Waals surface area contributed by atoms with Gasteiger partial charge in [-0.2, -0.15) is 4.98 Å². The van der Waals surface area contributed by atoms with Crippen LogP contribution in [-0.4, -0.2) is 45.3 Å². The Morgan fingerprint density at radius 2 is 2.07 bits per heavy atom. The number of rotatable bonds is 12. The zero-order valence-corrected chi connectivity index (χ0v) is 28.0. The van der Waals surface area contributed by atoms with Gasteiger partial charge in [-0.25, -0.2) is 9.18 Å². The summed E-state index contributed by atoms with van der Waals surface area (Å²) in [5.41, 5.74) is 10.1. The third kappa shape index (κ3) is 7.51. The summed E-state index contributed by atoms with van der Waals surface area (Å²) >= 11 is 8.00. The predicted molar refractivity (Wildman–Crippen MR) is 187 cm³/mol. The van der Waals surface area contributed by atoms with Crippen LogP contribution >= 0.6 is 23.4 Å². The molecule has 8 nitrogen and oxygen atoms in total. The largest absolute Gasteiger partial charge is 0.374 e. The Labute approximate surface area is 278 Å². The molecule has 1 saturated heterocycles. The normalized spacial score (nSPS) is 19.0. The van der Waals surface area contributed by atoms with E-state index in [0.717, 1.165) is 67.6 Å². The number of thioether (sulfide) groups is 1. The topological polar surface area (TPSA) is 125 Å². The molecular formula is C35H43ClFN7OS. The highest BCUT2D eigenvalue weighted by molar-refractivity contribution is 7.98. The highest BCUT2D eigenvalue weighted by Crippen LogP contribution is 2.36.